The van der Waals surface area contributed by atoms with Crippen LogP contribution in [0.25, 0.3) is 10.8 Å². The van der Waals surface area contributed by atoms with Gasteiger partial charge in [-0.2, -0.15) is 0 Å². The van der Waals surface area contributed by atoms with E-state index >= 15 is 0 Å². The van der Waals surface area contributed by atoms with Gasteiger partial charge in [0.25, 0.3) is 5.91 Å². The lowest BCUT2D eigenvalue weighted by atomic mass is 9.94. The number of nitrogens with two attached hydrogens (primary N) is 1. The van der Waals surface area contributed by atoms with E-state index in [4.69, 9.17) is 5.73 Å². The molecule has 2 aromatic rings. The third-order valence-electron chi connectivity index (χ3n) is 7.38. The molecular formula is C24H29N3O2. The largest absolute Gasteiger partial charge is 0.342 e. The van der Waals surface area contributed by atoms with Crippen molar-refractivity contribution in [2.45, 2.75) is 31.7 Å². The van der Waals surface area contributed by atoms with Crippen molar-refractivity contribution in [3.8, 4) is 0 Å². The van der Waals surface area contributed by atoms with E-state index in [9.17, 15) is 9.59 Å². The van der Waals surface area contributed by atoms with Gasteiger partial charge in [-0.15, -0.1) is 0 Å². The second-order valence-electron chi connectivity index (χ2n) is 9.00. The molecule has 0 aromatic heterocycles. The van der Waals surface area contributed by atoms with Crippen molar-refractivity contribution in [1.82, 2.24) is 9.80 Å². The van der Waals surface area contributed by atoms with Gasteiger partial charge >= 0.3 is 0 Å². The molecule has 2 aromatic carbocycles. The van der Waals surface area contributed by atoms with E-state index in [-0.39, 0.29) is 23.8 Å². The van der Waals surface area contributed by atoms with Crippen LogP contribution in [0.15, 0.2) is 42.5 Å². The first-order valence-electron chi connectivity index (χ1n) is 10.9. The van der Waals surface area contributed by atoms with Gasteiger partial charge < -0.3 is 15.5 Å². The van der Waals surface area contributed by atoms with Gasteiger partial charge in [-0.05, 0) is 54.4 Å². The number of likely N-dealkylation sites (tertiary alicyclic amines) is 2. The lowest BCUT2D eigenvalue weighted by molar-refractivity contribution is -0.136. The Bertz CT molecular complexity index is 929. The van der Waals surface area contributed by atoms with E-state index in [1.807, 2.05) is 47.4 Å². The Morgan fingerprint density at radius 1 is 0.862 bits per heavy atom. The Balaban J connectivity index is 1.22. The van der Waals surface area contributed by atoms with Gasteiger partial charge in [0.05, 0.1) is 0 Å². The summed E-state index contributed by atoms with van der Waals surface area (Å²) in [6.45, 7) is 3.02. The van der Waals surface area contributed by atoms with E-state index in [0.29, 0.717) is 24.9 Å². The van der Waals surface area contributed by atoms with Crippen LogP contribution < -0.4 is 5.73 Å². The summed E-state index contributed by atoms with van der Waals surface area (Å²) in [7, 11) is 0. The molecule has 2 heterocycles. The van der Waals surface area contributed by atoms with Gasteiger partial charge in [-0.25, -0.2) is 0 Å². The summed E-state index contributed by atoms with van der Waals surface area (Å²) in [4.78, 5) is 30.1. The minimum atomic E-state index is 0.0432. The fraction of sp³-hybridized carbons (Fsp3) is 0.500. The second-order valence-corrected chi connectivity index (χ2v) is 9.00. The maximum atomic E-state index is 13.1. The lowest BCUT2D eigenvalue weighted by Gasteiger charge is -2.33. The number of carbonyl (C=O) groups excluding carboxylic acids is 2. The molecule has 2 aliphatic heterocycles. The van der Waals surface area contributed by atoms with Crippen LogP contribution >= 0.6 is 0 Å². The van der Waals surface area contributed by atoms with Gasteiger partial charge in [-0.1, -0.05) is 36.4 Å². The lowest BCUT2D eigenvalue weighted by Crippen LogP contribution is -2.44. The summed E-state index contributed by atoms with van der Waals surface area (Å²) in [5.74, 6) is 1.49. The fourth-order valence-electron chi connectivity index (χ4n) is 5.66. The standard InChI is InChI=1S/C24H29N3O2/c25-22-9-8-18-14-27(15-21(18)22)23(28)17-10-12-26(13-11-17)24(29)20-7-3-5-16-4-1-2-6-19(16)20/h1-7,17-18,21-22H,8-15,25H2. The number of nitrogens with zero attached hydrogens (tertiary/aromatic N) is 2. The predicted octanol–water partition coefficient (Wildman–Crippen LogP) is 2.89. The Morgan fingerprint density at radius 3 is 2.41 bits per heavy atom. The number of rotatable bonds is 2. The molecule has 152 valence electrons. The molecule has 3 aliphatic rings. The highest BCUT2D eigenvalue weighted by atomic mass is 16.2. The van der Waals surface area contributed by atoms with Crippen LogP contribution in [0.5, 0.6) is 0 Å². The Labute approximate surface area is 171 Å². The number of amides is 2. The molecule has 0 spiro atoms. The highest BCUT2D eigenvalue weighted by molar-refractivity contribution is 6.07. The molecule has 5 nitrogen and oxygen atoms in total. The van der Waals surface area contributed by atoms with Crippen molar-refractivity contribution in [3.63, 3.8) is 0 Å². The highest BCUT2D eigenvalue weighted by Crippen LogP contribution is 2.38. The molecule has 29 heavy (non-hydrogen) atoms. The number of fused-ring (bicyclic) bond motifs is 2. The molecule has 0 radical (unpaired) electrons. The minimum absolute atomic E-state index is 0.0432. The zero-order valence-corrected chi connectivity index (χ0v) is 16.8. The quantitative estimate of drug-likeness (QED) is 0.856. The molecule has 2 N–H and O–H groups in total. The van der Waals surface area contributed by atoms with Crippen molar-refractivity contribution in [3.05, 3.63) is 48.0 Å². The molecule has 0 bridgehead atoms. The average Bonchev–Trinajstić information content (AvgIpc) is 3.34. The van der Waals surface area contributed by atoms with E-state index in [1.165, 1.54) is 0 Å². The number of carbonyl (C=O) groups is 2. The van der Waals surface area contributed by atoms with Crippen molar-refractivity contribution in [1.29, 1.82) is 0 Å². The summed E-state index contributed by atoms with van der Waals surface area (Å²) >= 11 is 0. The Hall–Kier alpha value is -2.40. The van der Waals surface area contributed by atoms with Crippen LogP contribution in [0.3, 0.4) is 0 Å². The minimum Gasteiger partial charge on any atom is -0.342 e. The maximum Gasteiger partial charge on any atom is 0.254 e. The molecule has 1 saturated carbocycles. The Morgan fingerprint density at radius 2 is 1.62 bits per heavy atom. The van der Waals surface area contributed by atoms with Crippen LogP contribution in [0, 0.1) is 17.8 Å². The van der Waals surface area contributed by atoms with Crippen molar-refractivity contribution in [2.75, 3.05) is 26.2 Å². The summed E-state index contributed by atoms with van der Waals surface area (Å²) in [5.41, 5.74) is 6.98. The molecule has 5 heteroatoms. The first kappa shape index (κ1) is 18.6. The zero-order chi connectivity index (χ0) is 20.0. The number of benzene rings is 2. The van der Waals surface area contributed by atoms with E-state index in [0.717, 1.165) is 55.1 Å². The summed E-state index contributed by atoms with van der Waals surface area (Å²) in [5, 5.41) is 2.08. The number of hydrogen-bond acceptors (Lipinski definition) is 3. The predicted molar refractivity (Wildman–Crippen MR) is 113 cm³/mol. The molecule has 3 atom stereocenters. The molecule has 2 saturated heterocycles. The summed E-state index contributed by atoms with van der Waals surface area (Å²) in [6.07, 6.45) is 3.78. The van der Waals surface area contributed by atoms with Gasteiger partial charge in [0.15, 0.2) is 0 Å². The third kappa shape index (κ3) is 3.31. The average molecular weight is 392 g/mol. The Kier molecular flexibility index (Phi) is 4.78. The van der Waals surface area contributed by atoms with E-state index < -0.39 is 0 Å². The molecular weight excluding hydrogens is 362 g/mol. The van der Waals surface area contributed by atoms with Crippen LogP contribution in [-0.4, -0.2) is 53.8 Å². The van der Waals surface area contributed by atoms with E-state index in [2.05, 4.69) is 4.90 Å². The van der Waals surface area contributed by atoms with Crippen LogP contribution in [0.4, 0.5) is 0 Å². The number of piperidine rings is 1. The van der Waals surface area contributed by atoms with Gasteiger partial charge in [-0.3, -0.25) is 9.59 Å². The van der Waals surface area contributed by atoms with Crippen molar-refractivity contribution < 1.29 is 9.59 Å². The van der Waals surface area contributed by atoms with Gasteiger partial charge in [0.1, 0.15) is 0 Å². The molecule has 3 unspecified atom stereocenters. The molecule has 3 fully saturated rings. The second kappa shape index (κ2) is 7.45. The van der Waals surface area contributed by atoms with Crippen LogP contribution in [0.1, 0.15) is 36.0 Å². The summed E-state index contributed by atoms with van der Waals surface area (Å²) < 4.78 is 0. The third-order valence-corrected chi connectivity index (χ3v) is 7.38. The topological polar surface area (TPSA) is 66.6 Å². The normalized spacial score (nSPS) is 27.4. The monoisotopic (exact) mass is 391 g/mol. The number of hydrogen-bond donors (Lipinski definition) is 1. The first-order valence-corrected chi connectivity index (χ1v) is 10.9. The smallest absolute Gasteiger partial charge is 0.254 e. The van der Waals surface area contributed by atoms with Crippen LogP contribution in [-0.2, 0) is 4.79 Å². The summed E-state index contributed by atoms with van der Waals surface area (Å²) in [6, 6.07) is 14.2. The van der Waals surface area contributed by atoms with E-state index in [1.54, 1.807) is 0 Å². The van der Waals surface area contributed by atoms with Crippen LogP contribution in [0.2, 0.25) is 0 Å². The maximum absolute atomic E-state index is 13.1. The van der Waals surface area contributed by atoms with Gasteiger partial charge in [0.2, 0.25) is 5.91 Å². The van der Waals surface area contributed by atoms with Crippen molar-refractivity contribution >= 4 is 22.6 Å². The zero-order valence-electron chi connectivity index (χ0n) is 16.8. The fourth-order valence-corrected chi connectivity index (χ4v) is 5.66. The molecule has 1 aliphatic carbocycles. The van der Waals surface area contributed by atoms with Gasteiger partial charge in [0, 0.05) is 43.7 Å². The molecule has 5 rings (SSSR count). The highest BCUT2D eigenvalue weighted by Gasteiger charge is 2.44. The SMILES string of the molecule is NC1CCC2CN(C(=O)C3CCN(C(=O)c4cccc5ccccc45)CC3)CC12. The first-order chi connectivity index (χ1) is 14.1. The van der Waals surface area contributed by atoms with Crippen molar-refractivity contribution in [2.24, 2.45) is 23.5 Å². The molecule has 2 amide bonds.